The van der Waals surface area contributed by atoms with E-state index in [0.717, 1.165) is 0 Å². The molecule has 2 aromatic rings. The molecule has 0 saturated heterocycles. The maximum Gasteiger partial charge on any atom is 0.329 e. The molecule has 0 aliphatic rings. The molecule has 0 atom stereocenters. The average molecular weight is 300 g/mol. The third-order valence-electron chi connectivity index (χ3n) is 2.17. The Morgan fingerprint density at radius 2 is 2.35 bits per heavy atom. The monoisotopic (exact) mass is 299 g/mol. The Bertz CT molecular complexity index is 850. The highest BCUT2D eigenvalue weighted by Gasteiger charge is 2.14. The normalized spacial score (nSPS) is 13.6. The maximum atomic E-state index is 11.9. The Morgan fingerprint density at radius 3 is 3.00 bits per heavy atom. The van der Waals surface area contributed by atoms with Crippen molar-refractivity contribution in [2.45, 2.75) is 13.5 Å². The predicted molar refractivity (Wildman–Crippen MR) is 66.7 cm³/mol. The smallest absolute Gasteiger partial charge is 0.301 e. The van der Waals surface area contributed by atoms with Crippen LogP contribution < -0.4 is 11.2 Å². The van der Waals surface area contributed by atoms with Crippen LogP contribution >= 0.6 is 15.9 Å². The van der Waals surface area contributed by atoms with E-state index >= 15 is 0 Å². The number of hydrogen-bond acceptors (Lipinski definition) is 3. The Balaban J connectivity index is 2.95. The molecule has 0 unspecified atom stereocenters. The summed E-state index contributed by atoms with van der Waals surface area (Å²) in [6.45, 7) is -0.958. The van der Waals surface area contributed by atoms with E-state index < -0.39 is 18.2 Å². The first-order valence-electron chi connectivity index (χ1n) is 6.08. The van der Waals surface area contributed by atoms with Crippen LogP contribution in [0.3, 0.4) is 0 Å². The Kier molecular flexibility index (Phi) is 2.06. The van der Waals surface area contributed by atoms with Crippen molar-refractivity contribution in [3.8, 4) is 11.8 Å². The number of fused-ring (bicyclic) bond motifs is 1. The van der Waals surface area contributed by atoms with Gasteiger partial charge in [-0.15, -0.1) is 5.92 Å². The summed E-state index contributed by atoms with van der Waals surface area (Å²) in [6, 6.07) is 0. The van der Waals surface area contributed by atoms with Crippen LogP contribution in [0.4, 0.5) is 0 Å². The zero-order chi connectivity index (χ0) is 15.1. The van der Waals surface area contributed by atoms with Crippen molar-refractivity contribution in [2.75, 3.05) is 0 Å². The minimum Gasteiger partial charge on any atom is -0.301 e. The van der Waals surface area contributed by atoms with Crippen LogP contribution in [0.1, 0.15) is 11.0 Å². The van der Waals surface area contributed by atoms with E-state index in [4.69, 9.17) is 4.11 Å². The Labute approximate surface area is 109 Å². The second-order valence-corrected chi connectivity index (χ2v) is 3.87. The fourth-order valence-electron chi connectivity index (χ4n) is 1.40. The predicted octanol–water partition coefficient (Wildman–Crippen LogP) is 0.209. The van der Waals surface area contributed by atoms with Gasteiger partial charge < -0.3 is 4.57 Å². The quantitative estimate of drug-likeness (QED) is 0.604. The van der Waals surface area contributed by atoms with Gasteiger partial charge in [-0.25, -0.2) is 9.78 Å². The summed E-state index contributed by atoms with van der Waals surface area (Å²) in [6.07, 6.45) is 0. The van der Waals surface area contributed by atoms with E-state index in [1.54, 1.807) is 6.92 Å². The largest absolute Gasteiger partial charge is 0.329 e. The molecular formula is C10H9BrN4O2. The molecule has 0 spiro atoms. The molecule has 2 aromatic heterocycles. The highest BCUT2D eigenvalue weighted by Crippen LogP contribution is 2.15. The SMILES string of the molecule is [2H]C([2H])([2H])n1c(=O)[nH]c(=O)c2c1nc(Br)n2CC#CC. The lowest BCUT2D eigenvalue weighted by Crippen LogP contribution is -2.29. The van der Waals surface area contributed by atoms with Gasteiger partial charge in [0.1, 0.15) is 0 Å². The van der Waals surface area contributed by atoms with Crippen LogP contribution in [0, 0.1) is 11.8 Å². The van der Waals surface area contributed by atoms with Crippen molar-refractivity contribution in [1.29, 1.82) is 0 Å². The number of rotatable bonds is 1. The van der Waals surface area contributed by atoms with Crippen LogP contribution in [0.15, 0.2) is 14.3 Å². The van der Waals surface area contributed by atoms with Crippen molar-refractivity contribution >= 4 is 27.1 Å². The Morgan fingerprint density at radius 1 is 1.59 bits per heavy atom. The standard InChI is InChI=1S/C10H9BrN4O2/c1-3-4-5-15-6-7(12-9(15)11)14(2)10(17)13-8(6)16/h5H2,1-2H3,(H,13,16,17)/i2D3. The van der Waals surface area contributed by atoms with Gasteiger partial charge in [-0.3, -0.25) is 14.3 Å². The van der Waals surface area contributed by atoms with E-state index in [9.17, 15) is 9.59 Å². The van der Waals surface area contributed by atoms with E-state index in [1.807, 2.05) is 4.98 Å². The van der Waals surface area contributed by atoms with Crippen molar-refractivity contribution in [3.63, 3.8) is 0 Å². The van der Waals surface area contributed by atoms with E-state index in [2.05, 4.69) is 32.8 Å². The Hall–Kier alpha value is -1.81. The number of nitrogens with zero attached hydrogens (tertiary/aromatic N) is 3. The number of aromatic amines is 1. The van der Waals surface area contributed by atoms with Gasteiger partial charge in [0.05, 0.1) is 6.54 Å². The number of aromatic nitrogens is 4. The molecule has 17 heavy (non-hydrogen) atoms. The molecule has 0 fully saturated rings. The zero-order valence-electron chi connectivity index (χ0n) is 11.7. The molecule has 0 aromatic carbocycles. The fourth-order valence-corrected chi connectivity index (χ4v) is 1.88. The third kappa shape index (κ3) is 1.80. The topological polar surface area (TPSA) is 72.7 Å². The van der Waals surface area contributed by atoms with Gasteiger partial charge in [0.2, 0.25) is 0 Å². The molecule has 0 aliphatic carbocycles. The molecule has 0 aliphatic heterocycles. The summed E-state index contributed by atoms with van der Waals surface area (Å²) in [5.41, 5.74) is -1.96. The number of H-pyrrole nitrogens is 1. The van der Waals surface area contributed by atoms with Gasteiger partial charge >= 0.3 is 5.69 Å². The van der Waals surface area contributed by atoms with Crippen molar-refractivity contribution in [1.82, 2.24) is 19.1 Å². The molecule has 88 valence electrons. The highest BCUT2D eigenvalue weighted by molar-refractivity contribution is 9.10. The summed E-state index contributed by atoms with van der Waals surface area (Å²) in [4.78, 5) is 29.5. The number of imidazole rings is 1. The third-order valence-corrected chi connectivity index (χ3v) is 2.77. The van der Waals surface area contributed by atoms with Crippen molar-refractivity contribution in [3.05, 3.63) is 25.6 Å². The van der Waals surface area contributed by atoms with Gasteiger partial charge in [-0.05, 0) is 22.9 Å². The van der Waals surface area contributed by atoms with Gasteiger partial charge in [-0.2, -0.15) is 0 Å². The number of nitrogens with one attached hydrogen (secondary N) is 1. The average Bonchev–Trinajstić information content (AvgIpc) is 2.61. The first-order valence-corrected chi connectivity index (χ1v) is 5.38. The number of hydrogen-bond donors (Lipinski definition) is 1. The van der Waals surface area contributed by atoms with Gasteiger partial charge in [-0.1, -0.05) is 5.92 Å². The molecule has 0 amide bonds. The van der Waals surface area contributed by atoms with E-state index in [0.29, 0.717) is 4.57 Å². The minimum atomic E-state index is -2.74. The van der Waals surface area contributed by atoms with Crippen LogP contribution in [-0.2, 0) is 13.5 Å². The van der Waals surface area contributed by atoms with Gasteiger partial charge in [0.25, 0.3) is 5.56 Å². The van der Waals surface area contributed by atoms with E-state index in [1.165, 1.54) is 4.57 Å². The minimum absolute atomic E-state index is 0.0182. The van der Waals surface area contributed by atoms with Crippen LogP contribution in [-0.4, -0.2) is 19.1 Å². The molecule has 1 N–H and O–H groups in total. The summed E-state index contributed by atoms with van der Waals surface area (Å²) >= 11 is 3.13. The van der Waals surface area contributed by atoms with Crippen LogP contribution in [0.2, 0.25) is 0 Å². The first-order chi connectivity index (χ1) is 9.27. The van der Waals surface area contributed by atoms with Crippen molar-refractivity contribution in [2.24, 2.45) is 6.98 Å². The molecule has 2 heterocycles. The maximum absolute atomic E-state index is 11.9. The lowest BCUT2D eigenvalue weighted by Gasteiger charge is -2.00. The molecule has 0 bridgehead atoms. The van der Waals surface area contributed by atoms with Gasteiger partial charge in [0, 0.05) is 11.1 Å². The van der Waals surface area contributed by atoms with Crippen LogP contribution in [0.5, 0.6) is 0 Å². The lowest BCUT2D eigenvalue weighted by molar-refractivity contribution is 0.819. The molecule has 6 nitrogen and oxygen atoms in total. The zero-order valence-corrected chi connectivity index (χ0v) is 10.3. The molecule has 7 heteroatoms. The molecule has 0 saturated carbocycles. The fraction of sp³-hybridized carbons (Fsp3) is 0.300. The highest BCUT2D eigenvalue weighted by atomic mass is 79.9. The van der Waals surface area contributed by atoms with E-state index in [-0.39, 0.29) is 22.4 Å². The summed E-state index contributed by atoms with van der Waals surface area (Å²) in [5, 5.41) is 0. The second-order valence-electron chi connectivity index (χ2n) is 3.16. The number of aryl methyl sites for hydroxylation is 1. The van der Waals surface area contributed by atoms with Gasteiger partial charge in [0.15, 0.2) is 15.9 Å². The summed E-state index contributed by atoms with van der Waals surface area (Å²) in [5.74, 6) is 5.41. The molecule has 0 radical (unpaired) electrons. The van der Waals surface area contributed by atoms with Crippen molar-refractivity contribution < 1.29 is 4.11 Å². The molecular weight excluding hydrogens is 288 g/mol. The molecule has 2 rings (SSSR count). The summed E-state index contributed by atoms with van der Waals surface area (Å²) < 4.78 is 24.2. The van der Waals surface area contributed by atoms with Crippen LogP contribution in [0.25, 0.3) is 11.2 Å². The number of halogens is 1. The summed E-state index contributed by atoms with van der Waals surface area (Å²) in [7, 11) is 0. The first kappa shape index (κ1) is 8.31. The second kappa shape index (κ2) is 4.22. The lowest BCUT2D eigenvalue weighted by atomic mass is 10.5.